The molecule has 0 atom stereocenters. The molecule has 1 aliphatic rings. The Balaban J connectivity index is 2.38. The predicted molar refractivity (Wildman–Crippen MR) is 79.4 cm³/mol. The van der Waals surface area contributed by atoms with Gasteiger partial charge in [-0.3, -0.25) is 0 Å². The minimum Gasteiger partial charge on any atom is -0.495 e. The van der Waals surface area contributed by atoms with Crippen LogP contribution in [0.3, 0.4) is 0 Å². The molecule has 0 amide bonds. The zero-order valence-corrected chi connectivity index (χ0v) is 13.3. The van der Waals surface area contributed by atoms with Gasteiger partial charge in [0.15, 0.2) is 9.84 Å². The first-order valence-corrected chi connectivity index (χ1v) is 9.66. The third-order valence-electron chi connectivity index (χ3n) is 3.32. The van der Waals surface area contributed by atoms with Crippen molar-refractivity contribution >= 4 is 25.5 Å². The SMILES string of the molecule is COc1cc(N)ccc1S(=O)(=O)N1CCCS(=O)(=O)CC1. The lowest BCUT2D eigenvalue weighted by Gasteiger charge is -2.20. The lowest BCUT2D eigenvalue weighted by Crippen LogP contribution is -2.33. The van der Waals surface area contributed by atoms with Crippen molar-refractivity contribution in [2.45, 2.75) is 11.3 Å². The number of hydrogen-bond acceptors (Lipinski definition) is 6. The van der Waals surface area contributed by atoms with Gasteiger partial charge in [-0.2, -0.15) is 4.31 Å². The topological polar surface area (TPSA) is 107 Å². The molecular formula is C12H18N2O5S2. The summed E-state index contributed by atoms with van der Waals surface area (Å²) in [5.74, 6) is 0.00335. The third kappa shape index (κ3) is 3.47. The molecule has 0 bridgehead atoms. The van der Waals surface area contributed by atoms with E-state index in [1.54, 1.807) is 0 Å². The third-order valence-corrected chi connectivity index (χ3v) is 6.97. The molecule has 0 aliphatic carbocycles. The predicted octanol–water partition coefficient (Wildman–Crippen LogP) is 0.0866. The van der Waals surface area contributed by atoms with Crippen LogP contribution in [0.1, 0.15) is 6.42 Å². The molecule has 2 rings (SSSR count). The number of methoxy groups -OCH3 is 1. The van der Waals surface area contributed by atoms with Crippen LogP contribution >= 0.6 is 0 Å². The standard InChI is InChI=1S/C12H18N2O5S2/c1-19-11-9-10(13)3-4-12(11)21(17,18)14-5-2-7-20(15,16)8-6-14/h3-4,9H,2,5-8,13H2,1H3. The number of anilines is 1. The van der Waals surface area contributed by atoms with Crippen molar-refractivity contribution in [3.05, 3.63) is 18.2 Å². The maximum absolute atomic E-state index is 12.7. The van der Waals surface area contributed by atoms with E-state index in [9.17, 15) is 16.8 Å². The van der Waals surface area contributed by atoms with E-state index in [-0.39, 0.29) is 35.2 Å². The number of hydrogen-bond donors (Lipinski definition) is 1. The summed E-state index contributed by atoms with van der Waals surface area (Å²) in [7, 11) is -5.62. The Morgan fingerprint density at radius 2 is 1.95 bits per heavy atom. The molecule has 21 heavy (non-hydrogen) atoms. The average Bonchev–Trinajstić information content (AvgIpc) is 2.59. The van der Waals surface area contributed by atoms with Crippen LogP contribution in [0.4, 0.5) is 5.69 Å². The van der Waals surface area contributed by atoms with Crippen LogP contribution in [0.5, 0.6) is 5.75 Å². The Kier molecular flexibility index (Phi) is 4.45. The van der Waals surface area contributed by atoms with Crippen molar-refractivity contribution in [3.8, 4) is 5.75 Å². The molecule has 0 radical (unpaired) electrons. The zero-order chi connectivity index (χ0) is 15.7. The molecule has 1 aromatic rings. The summed E-state index contributed by atoms with van der Waals surface area (Å²) in [5.41, 5.74) is 6.01. The van der Waals surface area contributed by atoms with Gasteiger partial charge in [-0.25, -0.2) is 16.8 Å². The van der Waals surface area contributed by atoms with Crippen LogP contribution in [0.25, 0.3) is 0 Å². The molecule has 1 heterocycles. The van der Waals surface area contributed by atoms with Crippen LogP contribution in [0, 0.1) is 0 Å². The summed E-state index contributed by atoms with van der Waals surface area (Å²) < 4.78 is 54.7. The minimum atomic E-state index is -3.81. The number of nitrogen functional groups attached to an aromatic ring is 1. The number of benzene rings is 1. The summed E-state index contributed by atoms with van der Waals surface area (Å²) in [6.07, 6.45) is 0.291. The molecule has 0 spiro atoms. The highest BCUT2D eigenvalue weighted by Crippen LogP contribution is 2.29. The highest BCUT2D eigenvalue weighted by atomic mass is 32.2. The van der Waals surface area contributed by atoms with Gasteiger partial charge in [-0.1, -0.05) is 0 Å². The quantitative estimate of drug-likeness (QED) is 0.785. The number of nitrogens with two attached hydrogens (primary N) is 1. The monoisotopic (exact) mass is 334 g/mol. The van der Waals surface area contributed by atoms with Crippen LogP contribution < -0.4 is 10.5 Å². The first-order valence-electron chi connectivity index (χ1n) is 6.40. The fraction of sp³-hybridized carbons (Fsp3) is 0.500. The van der Waals surface area contributed by atoms with Gasteiger partial charge in [-0.05, 0) is 18.6 Å². The Morgan fingerprint density at radius 1 is 1.24 bits per heavy atom. The lowest BCUT2D eigenvalue weighted by molar-refractivity contribution is 0.394. The maximum Gasteiger partial charge on any atom is 0.246 e. The number of sulfonamides is 1. The van der Waals surface area contributed by atoms with E-state index in [4.69, 9.17) is 10.5 Å². The number of sulfone groups is 1. The van der Waals surface area contributed by atoms with Gasteiger partial charge in [0.05, 0.1) is 18.6 Å². The molecule has 1 fully saturated rings. The second-order valence-electron chi connectivity index (χ2n) is 4.82. The molecule has 0 saturated carbocycles. The molecule has 2 N–H and O–H groups in total. The summed E-state index contributed by atoms with van der Waals surface area (Å²) >= 11 is 0. The van der Waals surface area contributed by atoms with Gasteiger partial charge in [0.1, 0.15) is 10.6 Å². The number of nitrogens with zero attached hydrogens (tertiary/aromatic N) is 1. The van der Waals surface area contributed by atoms with E-state index in [2.05, 4.69) is 0 Å². The minimum absolute atomic E-state index is 0.00139. The van der Waals surface area contributed by atoms with Gasteiger partial charge >= 0.3 is 0 Å². The largest absolute Gasteiger partial charge is 0.495 e. The Labute approximate surface area is 124 Å². The van der Waals surface area contributed by atoms with Crippen LogP contribution in [0.15, 0.2) is 23.1 Å². The molecule has 1 aliphatic heterocycles. The van der Waals surface area contributed by atoms with Gasteiger partial charge < -0.3 is 10.5 Å². The molecule has 7 nitrogen and oxygen atoms in total. The zero-order valence-electron chi connectivity index (χ0n) is 11.6. The van der Waals surface area contributed by atoms with Crippen molar-refractivity contribution in [1.29, 1.82) is 0 Å². The fourth-order valence-electron chi connectivity index (χ4n) is 2.19. The van der Waals surface area contributed by atoms with Gasteiger partial charge in [0, 0.05) is 24.8 Å². The van der Waals surface area contributed by atoms with E-state index in [1.807, 2.05) is 0 Å². The Hall–Kier alpha value is -1.32. The van der Waals surface area contributed by atoms with E-state index >= 15 is 0 Å². The summed E-state index contributed by atoms with van der Waals surface area (Å²) in [5, 5.41) is 0. The molecule has 1 saturated heterocycles. The first-order chi connectivity index (χ1) is 9.76. The summed E-state index contributed by atoms with van der Waals surface area (Å²) in [6.45, 7) is 0.132. The lowest BCUT2D eigenvalue weighted by atomic mass is 10.3. The highest BCUT2D eigenvalue weighted by Gasteiger charge is 2.31. The normalized spacial score (nSPS) is 19.9. The van der Waals surface area contributed by atoms with Crippen LogP contribution in [-0.4, -0.2) is 52.8 Å². The molecule has 118 valence electrons. The van der Waals surface area contributed by atoms with Crippen LogP contribution in [-0.2, 0) is 19.9 Å². The summed E-state index contributed by atoms with van der Waals surface area (Å²) in [6, 6.07) is 4.29. The van der Waals surface area contributed by atoms with E-state index in [1.165, 1.54) is 29.6 Å². The number of rotatable bonds is 3. The van der Waals surface area contributed by atoms with Crippen molar-refractivity contribution in [1.82, 2.24) is 4.31 Å². The molecule has 1 aromatic carbocycles. The molecule has 0 aromatic heterocycles. The fourth-order valence-corrected chi connectivity index (χ4v) is 5.20. The van der Waals surface area contributed by atoms with Gasteiger partial charge in [0.2, 0.25) is 10.0 Å². The van der Waals surface area contributed by atoms with Crippen molar-refractivity contribution in [2.24, 2.45) is 0 Å². The second-order valence-corrected chi connectivity index (χ2v) is 9.03. The second kappa shape index (κ2) is 5.82. The average molecular weight is 334 g/mol. The van der Waals surface area contributed by atoms with Crippen molar-refractivity contribution < 1.29 is 21.6 Å². The Bertz CT molecular complexity index is 728. The van der Waals surface area contributed by atoms with Crippen LogP contribution in [0.2, 0.25) is 0 Å². The molecule has 9 heteroatoms. The van der Waals surface area contributed by atoms with E-state index < -0.39 is 19.9 Å². The first kappa shape index (κ1) is 16.1. The van der Waals surface area contributed by atoms with Gasteiger partial charge in [0.25, 0.3) is 0 Å². The smallest absolute Gasteiger partial charge is 0.246 e. The van der Waals surface area contributed by atoms with E-state index in [0.29, 0.717) is 12.1 Å². The van der Waals surface area contributed by atoms with Gasteiger partial charge in [-0.15, -0.1) is 0 Å². The Morgan fingerprint density at radius 3 is 2.62 bits per heavy atom. The maximum atomic E-state index is 12.7. The van der Waals surface area contributed by atoms with Crippen molar-refractivity contribution in [2.75, 3.05) is 37.4 Å². The highest BCUT2D eigenvalue weighted by molar-refractivity contribution is 7.91. The summed E-state index contributed by atoms with van der Waals surface area (Å²) in [4.78, 5) is -0.00139. The van der Waals surface area contributed by atoms with Crippen molar-refractivity contribution in [3.63, 3.8) is 0 Å². The number of ether oxygens (including phenoxy) is 1. The molecular weight excluding hydrogens is 316 g/mol. The molecule has 0 unspecified atom stereocenters. The van der Waals surface area contributed by atoms with E-state index in [0.717, 1.165) is 0 Å².